The summed E-state index contributed by atoms with van der Waals surface area (Å²) in [4.78, 5) is 2.18. The van der Waals surface area contributed by atoms with E-state index in [-0.39, 0.29) is 11.1 Å². The second-order valence-corrected chi connectivity index (χ2v) is 10.5. The number of hydrogen-bond acceptors (Lipinski definition) is 8. The number of halogens is 1. The molecular formula is C28H14ClN5O2S2. The highest BCUT2D eigenvalue weighted by Gasteiger charge is 2.19. The number of rotatable bonds is 6. The standard InChI is InChI=1S/C28H14ClN5O2S2/c1-2-34-20(22-5-6-23(35-22)27-10-19(29)26(38-27)8-17(14-32)15-33)3-4-21(34)24-11-28-25(36-24)9-18(37-28)7-16(12-30)13-31/h3-11H,2H2,1H3. The van der Waals surface area contributed by atoms with Gasteiger partial charge < -0.3 is 13.4 Å². The van der Waals surface area contributed by atoms with Gasteiger partial charge in [0.05, 0.1) is 26.0 Å². The summed E-state index contributed by atoms with van der Waals surface area (Å²) in [6, 6.07) is 20.7. The van der Waals surface area contributed by atoms with Crippen molar-refractivity contribution in [3.63, 3.8) is 0 Å². The van der Waals surface area contributed by atoms with Crippen molar-refractivity contribution in [2.24, 2.45) is 0 Å². The van der Waals surface area contributed by atoms with Gasteiger partial charge in [0.2, 0.25) is 0 Å². The third-order valence-electron chi connectivity index (χ3n) is 5.63. The highest BCUT2D eigenvalue weighted by Crippen LogP contribution is 2.40. The molecule has 5 aromatic rings. The molecule has 0 unspecified atom stereocenters. The number of aromatic nitrogens is 1. The van der Waals surface area contributed by atoms with Crippen LogP contribution in [0.15, 0.2) is 62.4 Å². The number of hydrogen-bond donors (Lipinski definition) is 0. The van der Waals surface area contributed by atoms with Crippen LogP contribution in [-0.2, 0) is 6.54 Å². The number of furan rings is 2. The van der Waals surface area contributed by atoms with Crippen molar-refractivity contribution in [2.45, 2.75) is 13.5 Å². The molecule has 0 saturated carbocycles. The molecule has 5 aromatic heterocycles. The third kappa shape index (κ3) is 4.55. The molecule has 0 saturated heterocycles. The minimum absolute atomic E-state index is 0.0201. The van der Waals surface area contributed by atoms with Crippen LogP contribution in [0.4, 0.5) is 0 Å². The Kier molecular flexibility index (Phi) is 6.75. The molecule has 0 radical (unpaired) electrons. The van der Waals surface area contributed by atoms with Crippen molar-refractivity contribution in [3.05, 3.63) is 68.4 Å². The molecule has 0 N–H and O–H groups in total. The Morgan fingerprint density at radius 1 is 0.842 bits per heavy atom. The van der Waals surface area contributed by atoms with E-state index >= 15 is 0 Å². The van der Waals surface area contributed by atoms with Gasteiger partial charge in [0.1, 0.15) is 46.8 Å². The van der Waals surface area contributed by atoms with Crippen LogP contribution in [0.1, 0.15) is 16.7 Å². The quantitative estimate of drug-likeness (QED) is 0.195. The predicted octanol–water partition coefficient (Wildman–Crippen LogP) is 8.49. The molecule has 182 valence electrons. The highest BCUT2D eigenvalue weighted by molar-refractivity contribution is 7.19. The number of thiophene rings is 2. The predicted molar refractivity (Wildman–Crippen MR) is 148 cm³/mol. The first-order valence-corrected chi connectivity index (χ1v) is 13.2. The van der Waals surface area contributed by atoms with Crippen LogP contribution in [0.2, 0.25) is 5.02 Å². The van der Waals surface area contributed by atoms with E-state index in [0.29, 0.717) is 39.3 Å². The summed E-state index contributed by atoms with van der Waals surface area (Å²) in [6.07, 6.45) is 3.02. The molecule has 0 spiro atoms. The third-order valence-corrected chi connectivity index (χ3v) is 8.17. The number of fused-ring (bicyclic) bond motifs is 1. The fourth-order valence-electron chi connectivity index (χ4n) is 3.95. The molecule has 5 heterocycles. The van der Waals surface area contributed by atoms with E-state index in [2.05, 4.69) is 4.57 Å². The summed E-state index contributed by atoms with van der Waals surface area (Å²) in [7, 11) is 0. The van der Waals surface area contributed by atoms with Crippen molar-refractivity contribution in [2.75, 3.05) is 0 Å². The molecule has 38 heavy (non-hydrogen) atoms. The van der Waals surface area contributed by atoms with E-state index in [1.807, 2.05) is 67.6 Å². The largest absolute Gasteiger partial charge is 0.454 e. The number of nitriles is 4. The highest BCUT2D eigenvalue weighted by atomic mass is 35.5. The number of nitrogens with zero attached hydrogens (tertiary/aromatic N) is 5. The van der Waals surface area contributed by atoms with Gasteiger partial charge in [-0.3, -0.25) is 0 Å². The zero-order valence-corrected chi connectivity index (χ0v) is 22.0. The van der Waals surface area contributed by atoms with Crippen molar-refractivity contribution in [1.82, 2.24) is 4.57 Å². The van der Waals surface area contributed by atoms with Gasteiger partial charge in [0, 0.05) is 22.4 Å². The fraction of sp³-hybridized carbons (Fsp3) is 0.0714. The Labute approximate surface area is 230 Å². The zero-order valence-electron chi connectivity index (χ0n) is 19.7. The maximum absolute atomic E-state index is 9.03. The van der Waals surface area contributed by atoms with E-state index in [0.717, 1.165) is 25.8 Å². The molecule has 0 aliphatic heterocycles. The summed E-state index contributed by atoms with van der Waals surface area (Å²) < 4.78 is 15.3. The monoisotopic (exact) mass is 551 g/mol. The van der Waals surface area contributed by atoms with E-state index in [4.69, 9.17) is 41.5 Å². The van der Waals surface area contributed by atoms with Crippen LogP contribution >= 0.6 is 34.3 Å². The van der Waals surface area contributed by atoms with Crippen LogP contribution < -0.4 is 0 Å². The van der Waals surface area contributed by atoms with Gasteiger partial charge in [-0.05, 0) is 55.5 Å². The lowest BCUT2D eigenvalue weighted by molar-refractivity contribution is 0.586. The van der Waals surface area contributed by atoms with Gasteiger partial charge in [0.15, 0.2) is 11.5 Å². The molecule has 5 rings (SSSR count). The molecule has 7 nitrogen and oxygen atoms in total. The van der Waals surface area contributed by atoms with Crippen LogP contribution in [-0.4, -0.2) is 4.57 Å². The average molecular weight is 552 g/mol. The summed E-state index contributed by atoms with van der Waals surface area (Å²) in [5, 5.41) is 36.5. The minimum atomic E-state index is -0.0201. The van der Waals surface area contributed by atoms with Crippen molar-refractivity contribution >= 4 is 56.7 Å². The van der Waals surface area contributed by atoms with Gasteiger partial charge in [-0.15, -0.1) is 22.7 Å². The normalized spacial score (nSPS) is 10.4. The van der Waals surface area contributed by atoms with Gasteiger partial charge in [-0.1, -0.05) is 11.6 Å². The second-order valence-electron chi connectivity index (χ2n) is 7.89. The van der Waals surface area contributed by atoms with Crippen LogP contribution in [0.25, 0.3) is 56.0 Å². The van der Waals surface area contributed by atoms with E-state index in [9.17, 15) is 0 Å². The molecule has 0 aromatic carbocycles. The van der Waals surface area contributed by atoms with Crippen molar-refractivity contribution in [3.8, 4) is 57.8 Å². The summed E-state index contributed by atoms with van der Waals surface area (Å²) in [5.74, 6) is 2.00. The average Bonchev–Trinajstić information content (AvgIpc) is 3.73. The first kappa shape index (κ1) is 24.9. The molecule has 0 aliphatic carbocycles. The zero-order chi connectivity index (χ0) is 26.8. The summed E-state index contributed by atoms with van der Waals surface area (Å²) >= 11 is 9.12. The first-order chi connectivity index (χ1) is 18.5. The van der Waals surface area contributed by atoms with E-state index in [1.54, 1.807) is 12.1 Å². The molecule has 0 bridgehead atoms. The molecule has 10 heteroatoms. The SMILES string of the molecule is CCn1c(-c2ccc(-c3cc(Cl)c(C=C(C#N)C#N)s3)o2)ccc1-c1cc2sc(C=C(C#N)C#N)cc2o1. The lowest BCUT2D eigenvalue weighted by atomic mass is 10.2. The molecule has 0 fully saturated rings. The van der Waals surface area contributed by atoms with Crippen LogP contribution in [0, 0.1) is 45.3 Å². The van der Waals surface area contributed by atoms with Crippen molar-refractivity contribution in [1.29, 1.82) is 21.0 Å². The lowest BCUT2D eigenvalue weighted by Crippen LogP contribution is -1.98. The Balaban J connectivity index is 1.46. The Morgan fingerprint density at radius 2 is 1.50 bits per heavy atom. The minimum Gasteiger partial charge on any atom is -0.454 e. The second kappa shape index (κ2) is 10.3. The molecule has 0 atom stereocenters. The smallest absolute Gasteiger partial charge is 0.152 e. The van der Waals surface area contributed by atoms with Gasteiger partial charge >= 0.3 is 0 Å². The molecule has 0 aliphatic rings. The van der Waals surface area contributed by atoms with Gasteiger partial charge in [-0.2, -0.15) is 21.0 Å². The molecular weight excluding hydrogens is 538 g/mol. The van der Waals surface area contributed by atoms with Crippen molar-refractivity contribution < 1.29 is 8.83 Å². The summed E-state index contributed by atoms with van der Waals surface area (Å²) in [6.45, 7) is 2.71. The van der Waals surface area contributed by atoms with Gasteiger partial charge in [0.25, 0.3) is 0 Å². The Hall–Kier alpha value is -4.77. The van der Waals surface area contributed by atoms with E-state index in [1.165, 1.54) is 28.7 Å². The Bertz CT molecular complexity index is 1870. The molecule has 0 amide bonds. The lowest BCUT2D eigenvalue weighted by Gasteiger charge is -2.08. The maximum Gasteiger partial charge on any atom is 0.152 e. The van der Waals surface area contributed by atoms with E-state index < -0.39 is 0 Å². The first-order valence-electron chi connectivity index (χ1n) is 11.1. The number of allylic oxidation sites excluding steroid dienone is 2. The summed E-state index contributed by atoms with van der Waals surface area (Å²) in [5.41, 5.74) is 2.48. The topological polar surface area (TPSA) is 126 Å². The van der Waals surface area contributed by atoms with Crippen LogP contribution in [0.3, 0.4) is 0 Å². The Morgan fingerprint density at radius 3 is 2.16 bits per heavy atom. The maximum atomic E-state index is 9.03. The fourth-order valence-corrected chi connectivity index (χ4v) is 6.22. The van der Waals surface area contributed by atoms with Gasteiger partial charge in [-0.25, -0.2) is 0 Å². The van der Waals surface area contributed by atoms with Crippen LogP contribution in [0.5, 0.6) is 0 Å².